The Labute approximate surface area is 134 Å². The van der Waals surface area contributed by atoms with Crippen LogP contribution >= 0.6 is 11.8 Å². The number of carbonyl (C=O) groups is 1. The van der Waals surface area contributed by atoms with Crippen molar-refractivity contribution >= 4 is 17.7 Å². The van der Waals surface area contributed by atoms with Gasteiger partial charge in [0.2, 0.25) is 5.88 Å². The van der Waals surface area contributed by atoms with Crippen molar-refractivity contribution in [1.82, 2.24) is 9.97 Å². The van der Waals surface area contributed by atoms with E-state index < -0.39 is 5.97 Å². The van der Waals surface area contributed by atoms with Gasteiger partial charge >= 0.3 is 5.97 Å². The molecule has 116 valence electrons. The molecule has 2 rings (SSSR count). The van der Waals surface area contributed by atoms with E-state index in [1.165, 1.54) is 18.0 Å². The Morgan fingerprint density at radius 1 is 1.23 bits per heavy atom. The molecular weight excluding hydrogens is 300 g/mol. The standard InChI is InChI=1S/C16H18N2O3S/c1-5-20-15(19)13-9-17-16(22-4)18-14(13)21-12-7-10(2)6-11(3)8-12/h6-9H,5H2,1-4H3. The highest BCUT2D eigenvalue weighted by atomic mass is 32.2. The van der Waals surface area contributed by atoms with Gasteiger partial charge in [0.05, 0.1) is 6.61 Å². The van der Waals surface area contributed by atoms with E-state index in [-0.39, 0.29) is 18.1 Å². The minimum absolute atomic E-state index is 0.211. The predicted octanol–water partition coefficient (Wildman–Crippen LogP) is 3.78. The third-order valence-corrected chi connectivity index (χ3v) is 3.38. The van der Waals surface area contributed by atoms with Crippen molar-refractivity contribution in [3.63, 3.8) is 0 Å². The molecule has 5 nitrogen and oxygen atoms in total. The second-order valence-electron chi connectivity index (χ2n) is 4.72. The largest absolute Gasteiger partial charge is 0.462 e. The summed E-state index contributed by atoms with van der Waals surface area (Å²) in [4.78, 5) is 20.4. The maximum absolute atomic E-state index is 12.0. The van der Waals surface area contributed by atoms with Gasteiger partial charge in [-0.1, -0.05) is 17.8 Å². The highest BCUT2D eigenvalue weighted by Crippen LogP contribution is 2.27. The summed E-state index contributed by atoms with van der Waals surface area (Å²) in [6.07, 6.45) is 3.30. The smallest absolute Gasteiger partial charge is 0.345 e. The fraction of sp³-hybridized carbons (Fsp3) is 0.312. The summed E-state index contributed by atoms with van der Waals surface area (Å²) in [5, 5.41) is 0.535. The molecule has 0 fully saturated rings. The Kier molecular flexibility index (Phi) is 5.38. The maximum atomic E-state index is 12.0. The van der Waals surface area contributed by atoms with Crippen LogP contribution in [-0.4, -0.2) is 28.8 Å². The molecule has 0 saturated heterocycles. The Hall–Kier alpha value is -2.08. The van der Waals surface area contributed by atoms with Crippen LogP contribution in [0.25, 0.3) is 0 Å². The summed E-state index contributed by atoms with van der Waals surface area (Å²) in [7, 11) is 0. The van der Waals surface area contributed by atoms with E-state index in [4.69, 9.17) is 9.47 Å². The first-order valence-electron chi connectivity index (χ1n) is 6.87. The first kappa shape index (κ1) is 16.3. The fourth-order valence-corrected chi connectivity index (χ4v) is 2.31. The highest BCUT2D eigenvalue weighted by molar-refractivity contribution is 7.98. The average Bonchev–Trinajstić information content (AvgIpc) is 2.46. The number of benzene rings is 1. The molecule has 2 aromatic rings. The summed E-state index contributed by atoms with van der Waals surface area (Å²) < 4.78 is 10.8. The quantitative estimate of drug-likeness (QED) is 0.475. The molecule has 0 atom stereocenters. The van der Waals surface area contributed by atoms with Crippen molar-refractivity contribution in [2.45, 2.75) is 25.9 Å². The lowest BCUT2D eigenvalue weighted by molar-refractivity contribution is 0.0522. The summed E-state index contributed by atoms with van der Waals surface area (Å²) in [5.41, 5.74) is 2.37. The first-order chi connectivity index (χ1) is 10.5. The molecule has 0 aliphatic rings. The van der Waals surface area contributed by atoms with Gasteiger partial charge in [-0.3, -0.25) is 0 Å². The second kappa shape index (κ2) is 7.26. The normalized spacial score (nSPS) is 10.4. The minimum atomic E-state index is -0.491. The topological polar surface area (TPSA) is 61.3 Å². The van der Waals surface area contributed by atoms with Crippen LogP contribution in [0.4, 0.5) is 0 Å². The third kappa shape index (κ3) is 3.98. The monoisotopic (exact) mass is 318 g/mol. The van der Waals surface area contributed by atoms with Gasteiger partial charge in [0, 0.05) is 6.20 Å². The minimum Gasteiger partial charge on any atom is -0.462 e. The highest BCUT2D eigenvalue weighted by Gasteiger charge is 2.18. The van der Waals surface area contributed by atoms with E-state index in [0.29, 0.717) is 10.9 Å². The number of nitrogens with zero attached hydrogens (tertiary/aromatic N) is 2. The molecule has 0 saturated carbocycles. The maximum Gasteiger partial charge on any atom is 0.345 e. The second-order valence-corrected chi connectivity index (χ2v) is 5.49. The van der Waals surface area contributed by atoms with Gasteiger partial charge in [0.1, 0.15) is 11.3 Å². The zero-order valence-corrected chi connectivity index (χ0v) is 13.9. The van der Waals surface area contributed by atoms with Crippen LogP contribution in [0.3, 0.4) is 0 Å². The molecule has 0 aliphatic heterocycles. The van der Waals surface area contributed by atoms with Crippen LogP contribution in [0.15, 0.2) is 29.6 Å². The van der Waals surface area contributed by atoms with E-state index in [0.717, 1.165) is 11.1 Å². The zero-order valence-electron chi connectivity index (χ0n) is 13.0. The number of rotatable bonds is 5. The number of aryl methyl sites for hydroxylation is 2. The lowest BCUT2D eigenvalue weighted by atomic mass is 10.1. The molecule has 0 radical (unpaired) electrons. The lowest BCUT2D eigenvalue weighted by Crippen LogP contribution is -2.09. The number of hydrogen-bond donors (Lipinski definition) is 0. The molecule has 0 aliphatic carbocycles. The number of aromatic nitrogens is 2. The van der Waals surface area contributed by atoms with Crippen LogP contribution in [0.1, 0.15) is 28.4 Å². The van der Waals surface area contributed by atoms with Crippen LogP contribution in [-0.2, 0) is 4.74 Å². The number of thioether (sulfide) groups is 1. The summed E-state index contributed by atoms with van der Waals surface area (Å²) in [6.45, 7) is 6.00. The molecule has 1 aromatic heterocycles. The molecule has 6 heteroatoms. The Bertz CT molecular complexity index is 669. The molecule has 0 spiro atoms. The van der Waals surface area contributed by atoms with Crippen molar-refractivity contribution < 1.29 is 14.3 Å². The molecule has 0 N–H and O–H groups in total. The van der Waals surface area contributed by atoms with Crippen LogP contribution in [0, 0.1) is 13.8 Å². The Morgan fingerprint density at radius 3 is 2.50 bits per heavy atom. The Balaban J connectivity index is 2.40. The van der Waals surface area contributed by atoms with Gasteiger partial charge in [-0.2, -0.15) is 4.98 Å². The van der Waals surface area contributed by atoms with Gasteiger partial charge in [0.15, 0.2) is 5.16 Å². The SMILES string of the molecule is CCOC(=O)c1cnc(SC)nc1Oc1cc(C)cc(C)c1. The first-order valence-corrected chi connectivity index (χ1v) is 8.10. The van der Waals surface area contributed by atoms with Crippen LogP contribution < -0.4 is 4.74 Å². The zero-order chi connectivity index (χ0) is 16.1. The van der Waals surface area contributed by atoms with Crippen LogP contribution in [0.2, 0.25) is 0 Å². The molecule has 0 amide bonds. The van der Waals surface area contributed by atoms with Crippen molar-refractivity contribution in [3.8, 4) is 11.6 Å². The van der Waals surface area contributed by atoms with Crippen molar-refractivity contribution in [3.05, 3.63) is 41.1 Å². The lowest BCUT2D eigenvalue weighted by Gasteiger charge is -2.11. The molecule has 1 heterocycles. The molecular formula is C16H18N2O3S. The molecule has 0 unspecified atom stereocenters. The molecule has 0 bridgehead atoms. The summed E-state index contributed by atoms with van der Waals surface area (Å²) >= 11 is 1.38. The van der Waals surface area contributed by atoms with Crippen molar-refractivity contribution in [2.75, 3.05) is 12.9 Å². The van der Waals surface area contributed by atoms with Gasteiger partial charge < -0.3 is 9.47 Å². The predicted molar refractivity (Wildman–Crippen MR) is 85.8 cm³/mol. The van der Waals surface area contributed by atoms with E-state index in [2.05, 4.69) is 9.97 Å². The third-order valence-electron chi connectivity index (χ3n) is 2.82. The van der Waals surface area contributed by atoms with E-state index in [1.807, 2.05) is 38.3 Å². The molecule has 1 aromatic carbocycles. The number of ether oxygens (including phenoxy) is 2. The van der Waals surface area contributed by atoms with Gasteiger partial charge in [-0.25, -0.2) is 9.78 Å². The van der Waals surface area contributed by atoms with Gasteiger partial charge in [0.25, 0.3) is 0 Å². The fourth-order valence-electron chi connectivity index (χ4n) is 1.98. The number of esters is 1. The summed E-state index contributed by atoms with van der Waals surface area (Å²) in [6, 6.07) is 5.83. The van der Waals surface area contributed by atoms with E-state index in [1.54, 1.807) is 6.92 Å². The number of hydrogen-bond acceptors (Lipinski definition) is 6. The average molecular weight is 318 g/mol. The Morgan fingerprint density at radius 2 is 1.91 bits per heavy atom. The van der Waals surface area contributed by atoms with E-state index >= 15 is 0 Å². The molecule has 22 heavy (non-hydrogen) atoms. The van der Waals surface area contributed by atoms with Crippen molar-refractivity contribution in [2.24, 2.45) is 0 Å². The van der Waals surface area contributed by atoms with E-state index in [9.17, 15) is 4.79 Å². The summed E-state index contributed by atoms with van der Waals surface area (Å²) in [5.74, 6) is 0.353. The van der Waals surface area contributed by atoms with Crippen LogP contribution in [0.5, 0.6) is 11.6 Å². The van der Waals surface area contributed by atoms with Crippen molar-refractivity contribution in [1.29, 1.82) is 0 Å². The van der Waals surface area contributed by atoms with Gasteiger partial charge in [-0.05, 0) is 50.3 Å². The number of carbonyl (C=O) groups excluding carboxylic acids is 1. The van der Waals surface area contributed by atoms with Gasteiger partial charge in [-0.15, -0.1) is 0 Å².